The van der Waals surface area contributed by atoms with Crippen molar-refractivity contribution in [3.8, 4) is 0 Å². The smallest absolute Gasteiger partial charge is 0.303 e. The second kappa shape index (κ2) is 14.6. The number of benzene rings is 1. The number of carbonyl (C=O) groups is 1. The van der Waals surface area contributed by atoms with Gasteiger partial charge >= 0.3 is 5.97 Å². The van der Waals surface area contributed by atoms with Crippen molar-refractivity contribution < 1.29 is 9.90 Å². The molecule has 0 radical (unpaired) electrons. The first kappa shape index (κ1) is 22.5. The maximum absolute atomic E-state index is 10.5. The normalized spacial score (nSPS) is 11.0. The summed E-state index contributed by atoms with van der Waals surface area (Å²) in [5.74, 6) is 0.144. The Kier molecular flexibility index (Phi) is 12.7. The summed E-state index contributed by atoms with van der Waals surface area (Å²) in [6.45, 7) is 5.66. The molecule has 0 bridgehead atoms. The first-order valence-electron chi connectivity index (χ1n) is 10.6. The molecule has 0 fully saturated rings. The molecule has 0 aliphatic carbocycles. The Morgan fingerprint density at radius 2 is 1.46 bits per heavy atom. The van der Waals surface area contributed by atoms with Crippen LogP contribution in [-0.4, -0.2) is 17.6 Å². The summed E-state index contributed by atoms with van der Waals surface area (Å²) < 4.78 is 0. The van der Waals surface area contributed by atoms with E-state index in [1.165, 1.54) is 63.4 Å². The van der Waals surface area contributed by atoms with Crippen molar-refractivity contribution in [1.29, 1.82) is 0 Å². The number of unbranched alkanes of at least 4 members (excludes halogenated alkanes) is 7. The minimum atomic E-state index is -0.714. The van der Waals surface area contributed by atoms with Gasteiger partial charge in [-0.2, -0.15) is 0 Å². The fourth-order valence-corrected chi connectivity index (χ4v) is 3.20. The van der Waals surface area contributed by atoms with Gasteiger partial charge in [-0.1, -0.05) is 77.3 Å². The number of carboxylic acid groups (broad SMARTS) is 1. The van der Waals surface area contributed by atoms with E-state index in [2.05, 4.69) is 43.4 Å². The van der Waals surface area contributed by atoms with Gasteiger partial charge in [-0.3, -0.25) is 4.79 Å². The Hall–Kier alpha value is -1.51. The fraction of sp³-hybridized carbons (Fsp3) is 0.696. The molecule has 0 aromatic heterocycles. The van der Waals surface area contributed by atoms with Crippen molar-refractivity contribution in [1.82, 2.24) is 0 Å². The number of aliphatic carboxylic acids is 1. The zero-order valence-corrected chi connectivity index (χ0v) is 16.9. The molecular formula is C23H39NO2. The minimum Gasteiger partial charge on any atom is -0.481 e. The Bertz CT molecular complexity index is 468. The van der Waals surface area contributed by atoms with Gasteiger partial charge in [0, 0.05) is 18.7 Å². The van der Waals surface area contributed by atoms with Crippen molar-refractivity contribution >= 4 is 11.7 Å². The SMILES string of the molecule is CC(C)CCCCCCCCCCNc1ccc(CCCC(=O)O)cc1. The zero-order chi connectivity index (χ0) is 19.0. The predicted octanol–water partition coefficient (Wildman–Crippen LogP) is 6.67. The van der Waals surface area contributed by atoms with Crippen LogP contribution in [-0.2, 0) is 11.2 Å². The monoisotopic (exact) mass is 361 g/mol. The van der Waals surface area contributed by atoms with Crippen LogP contribution >= 0.6 is 0 Å². The Morgan fingerprint density at radius 1 is 0.885 bits per heavy atom. The summed E-state index contributed by atoms with van der Waals surface area (Å²) in [5, 5.41) is 12.1. The van der Waals surface area contributed by atoms with Crippen LogP contribution in [0.25, 0.3) is 0 Å². The maximum Gasteiger partial charge on any atom is 0.303 e. The van der Waals surface area contributed by atoms with Crippen molar-refractivity contribution in [3.05, 3.63) is 29.8 Å². The van der Waals surface area contributed by atoms with Crippen LogP contribution < -0.4 is 5.32 Å². The van der Waals surface area contributed by atoms with Gasteiger partial charge in [0.25, 0.3) is 0 Å². The van der Waals surface area contributed by atoms with Crippen LogP contribution in [0.1, 0.15) is 90.0 Å². The second-order valence-corrected chi connectivity index (χ2v) is 7.88. The fourth-order valence-electron chi connectivity index (χ4n) is 3.20. The molecule has 26 heavy (non-hydrogen) atoms. The third-order valence-electron chi connectivity index (χ3n) is 4.85. The van der Waals surface area contributed by atoms with E-state index in [0.29, 0.717) is 6.42 Å². The van der Waals surface area contributed by atoms with Crippen molar-refractivity contribution in [2.45, 2.75) is 90.9 Å². The number of aryl methyl sites for hydroxylation is 1. The average Bonchev–Trinajstić information content (AvgIpc) is 2.60. The third kappa shape index (κ3) is 12.8. The quantitative estimate of drug-likeness (QED) is 0.323. The molecule has 1 aromatic rings. The van der Waals surface area contributed by atoms with Crippen molar-refractivity contribution in [2.24, 2.45) is 5.92 Å². The van der Waals surface area contributed by atoms with Crippen LogP contribution in [0.3, 0.4) is 0 Å². The number of hydrogen-bond donors (Lipinski definition) is 2. The van der Waals surface area contributed by atoms with Gasteiger partial charge in [0.05, 0.1) is 0 Å². The molecule has 0 atom stereocenters. The van der Waals surface area contributed by atoms with Gasteiger partial charge < -0.3 is 10.4 Å². The molecule has 1 aromatic carbocycles. The number of rotatable bonds is 16. The highest BCUT2D eigenvalue weighted by molar-refractivity contribution is 5.66. The van der Waals surface area contributed by atoms with Gasteiger partial charge in [0.2, 0.25) is 0 Å². The van der Waals surface area contributed by atoms with E-state index >= 15 is 0 Å². The lowest BCUT2D eigenvalue weighted by molar-refractivity contribution is -0.137. The summed E-state index contributed by atoms with van der Waals surface area (Å²) in [6.07, 6.45) is 14.1. The molecule has 3 heteroatoms. The maximum atomic E-state index is 10.5. The van der Waals surface area contributed by atoms with E-state index in [1.54, 1.807) is 0 Å². The molecule has 0 aliphatic rings. The third-order valence-corrected chi connectivity index (χ3v) is 4.85. The summed E-state index contributed by atoms with van der Waals surface area (Å²) in [6, 6.07) is 8.41. The van der Waals surface area contributed by atoms with Gasteiger partial charge in [0.1, 0.15) is 0 Å². The lowest BCUT2D eigenvalue weighted by Crippen LogP contribution is -2.01. The first-order chi connectivity index (χ1) is 12.6. The minimum absolute atomic E-state index is 0.248. The highest BCUT2D eigenvalue weighted by Crippen LogP contribution is 2.14. The number of hydrogen-bond acceptors (Lipinski definition) is 2. The zero-order valence-electron chi connectivity index (χ0n) is 16.9. The average molecular weight is 362 g/mol. The molecular weight excluding hydrogens is 322 g/mol. The van der Waals surface area contributed by atoms with E-state index in [4.69, 9.17) is 5.11 Å². The highest BCUT2D eigenvalue weighted by Gasteiger charge is 1.99. The molecule has 0 amide bonds. The molecule has 1 rings (SSSR count). The summed E-state index contributed by atoms with van der Waals surface area (Å²) in [7, 11) is 0. The molecule has 0 heterocycles. The topological polar surface area (TPSA) is 49.3 Å². The van der Waals surface area contributed by atoms with E-state index in [1.807, 2.05) is 0 Å². The highest BCUT2D eigenvalue weighted by atomic mass is 16.4. The molecule has 148 valence electrons. The summed E-state index contributed by atoms with van der Waals surface area (Å²) in [5.41, 5.74) is 2.38. The standard InChI is InChI=1S/C23H39NO2/c1-20(2)12-9-7-5-3-4-6-8-10-19-24-22-17-15-21(16-18-22)13-11-14-23(25)26/h15-18,20,24H,3-14,19H2,1-2H3,(H,25,26). The van der Waals surface area contributed by atoms with Crippen LogP contribution in [0.5, 0.6) is 0 Å². The van der Waals surface area contributed by atoms with Gasteiger partial charge in [-0.05, 0) is 42.9 Å². The van der Waals surface area contributed by atoms with Crippen LogP contribution in [0, 0.1) is 5.92 Å². The van der Waals surface area contributed by atoms with Crippen LogP contribution in [0.2, 0.25) is 0 Å². The van der Waals surface area contributed by atoms with E-state index in [9.17, 15) is 4.79 Å². The molecule has 0 unspecified atom stereocenters. The van der Waals surface area contributed by atoms with E-state index in [-0.39, 0.29) is 6.42 Å². The van der Waals surface area contributed by atoms with Crippen LogP contribution in [0.15, 0.2) is 24.3 Å². The Labute approximate surface area is 160 Å². The van der Waals surface area contributed by atoms with E-state index < -0.39 is 5.97 Å². The summed E-state index contributed by atoms with van der Waals surface area (Å²) in [4.78, 5) is 10.5. The lowest BCUT2D eigenvalue weighted by atomic mass is 10.0. The summed E-state index contributed by atoms with van der Waals surface area (Å²) >= 11 is 0. The second-order valence-electron chi connectivity index (χ2n) is 7.88. The number of carboxylic acids is 1. The largest absolute Gasteiger partial charge is 0.481 e. The molecule has 0 spiro atoms. The lowest BCUT2D eigenvalue weighted by Gasteiger charge is -2.08. The number of anilines is 1. The molecule has 3 nitrogen and oxygen atoms in total. The van der Waals surface area contributed by atoms with Gasteiger partial charge in [-0.15, -0.1) is 0 Å². The molecule has 2 N–H and O–H groups in total. The Balaban J connectivity index is 1.95. The van der Waals surface area contributed by atoms with Gasteiger partial charge in [0.15, 0.2) is 0 Å². The molecule has 0 saturated heterocycles. The predicted molar refractivity (Wildman–Crippen MR) is 112 cm³/mol. The van der Waals surface area contributed by atoms with Crippen molar-refractivity contribution in [2.75, 3.05) is 11.9 Å². The van der Waals surface area contributed by atoms with Crippen molar-refractivity contribution in [3.63, 3.8) is 0 Å². The van der Waals surface area contributed by atoms with Crippen LogP contribution in [0.4, 0.5) is 5.69 Å². The first-order valence-corrected chi connectivity index (χ1v) is 10.6. The Morgan fingerprint density at radius 3 is 2.04 bits per heavy atom. The molecule has 0 saturated carbocycles. The van der Waals surface area contributed by atoms with E-state index in [0.717, 1.165) is 24.6 Å². The van der Waals surface area contributed by atoms with Gasteiger partial charge in [-0.25, -0.2) is 0 Å². The number of nitrogens with one attached hydrogen (secondary N) is 1. The molecule has 0 aliphatic heterocycles.